The molecule has 3 aromatic carbocycles. The van der Waals surface area contributed by atoms with Crippen LogP contribution in [0.5, 0.6) is 5.75 Å². The van der Waals surface area contributed by atoms with Gasteiger partial charge in [0.1, 0.15) is 11.8 Å². The number of anilines is 1. The van der Waals surface area contributed by atoms with E-state index in [9.17, 15) is 13.2 Å². The van der Waals surface area contributed by atoms with Crippen LogP contribution in [-0.2, 0) is 21.4 Å². The molecule has 3 aromatic rings. The molecule has 0 heterocycles. The molecule has 1 amide bonds. The van der Waals surface area contributed by atoms with Crippen molar-refractivity contribution in [3.8, 4) is 5.75 Å². The summed E-state index contributed by atoms with van der Waals surface area (Å²) in [5.74, 6) is 0.172. The summed E-state index contributed by atoms with van der Waals surface area (Å²) in [7, 11) is -2.19. The third-order valence-electron chi connectivity index (χ3n) is 4.97. The predicted octanol–water partition coefficient (Wildman–Crippen LogP) is 3.71. The zero-order chi connectivity index (χ0) is 21.7. The Morgan fingerprint density at radius 3 is 2.47 bits per heavy atom. The number of carbonyl (C=O) groups is 1. The maximum Gasteiger partial charge on any atom is 0.244 e. The SMILES string of the molecule is CC[C@H](C(=O)NCc1cccc2ccccc12)N(c1cccc(OC)c1)S(C)(=O)=O. The molecular weight excluding hydrogens is 400 g/mol. The number of hydrogen-bond donors (Lipinski definition) is 1. The van der Waals surface area contributed by atoms with E-state index in [1.54, 1.807) is 31.2 Å². The van der Waals surface area contributed by atoms with Crippen molar-refractivity contribution in [3.05, 3.63) is 72.3 Å². The highest BCUT2D eigenvalue weighted by atomic mass is 32.2. The average Bonchev–Trinajstić information content (AvgIpc) is 2.74. The molecule has 0 radical (unpaired) electrons. The summed E-state index contributed by atoms with van der Waals surface area (Å²) in [6, 6.07) is 19.7. The van der Waals surface area contributed by atoms with Gasteiger partial charge in [0.15, 0.2) is 0 Å². The summed E-state index contributed by atoms with van der Waals surface area (Å²) in [6.07, 6.45) is 1.43. The molecule has 0 aromatic heterocycles. The van der Waals surface area contributed by atoms with Gasteiger partial charge in [-0.15, -0.1) is 0 Å². The summed E-state index contributed by atoms with van der Waals surface area (Å²) >= 11 is 0. The topological polar surface area (TPSA) is 75.7 Å². The molecule has 3 rings (SSSR count). The minimum Gasteiger partial charge on any atom is -0.497 e. The lowest BCUT2D eigenvalue weighted by Crippen LogP contribution is -2.49. The summed E-state index contributed by atoms with van der Waals surface area (Å²) in [6.45, 7) is 2.10. The van der Waals surface area contributed by atoms with Crippen LogP contribution in [-0.4, -0.2) is 33.7 Å². The van der Waals surface area contributed by atoms with E-state index in [-0.39, 0.29) is 5.91 Å². The van der Waals surface area contributed by atoms with E-state index in [2.05, 4.69) is 5.32 Å². The van der Waals surface area contributed by atoms with Gasteiger partial charge in [0.25, 0.3) is 0 Å². The fourth-order valence-electron chi connectivity index (χ4n) is 3.55. The standard InChI is InChI=1S/C23H26N2O4S/c1-4-22(25(30(3,27)28)19-12-8-13-20(15-19)29-2)23(26)24-16-18-11-7-10-17-9-5-6-14-21(17)18/h5-15,22H,4,16H2,1-3H3,(H,24,26)/t22-/m1/s1. The summed E-state index contributed by atoms with van der Waals surface area (Å²) in [4.78, 5) is 13.1. The Labute approximate surface area is 177 Å². The van der Waals surface area contributed by atoms with E-state index in [1.807, 2.05) is 42.5 Å². The van der Waals surface area contributed by atoms with Crippen molar-refractivity contribution in [2.24, 2.45) is 0 Å². The molecule has 0 fully saturated rings. The smallest absolute Gasteiger partial charge is 0.244 e. The number of fused-ring (bicyclic) bond motifs is 1. The second-order valence-corrected chi connectivity index (χ2v) is 8.90. The van der Waals surface area contributed by atoms with E-state index in [4.69, 9.17) is 4.74 Å². The molecule has 1 atom stereocenters. The first-order chi connectivity index (χ1) is 14.3. The molecule has 30 heavy (non-hydrogen) atoms. The summed E-state index contributed by atoms with van der Waals surface area (Å²) < 4.78 is 31.6. The van der Waals surface area contributed by atoms with Gasteiger partial charge >= 0.3 is 0 Å². The highest BCUT2D eigenvalue weighted by molar-refractivity contribution is 7.92. The lowest BCUT2D eigenvalue weighted by atomic mass is 10.0. The third kappa shape index (κ3) is 4.74. The minimum atomic E-state index is -3.70. The molecule has 0 unspecified atom stereocenters. The Balaban J connectivity index is 1.87. The molecule has 0 aliphatic heterocycles. The van der Waals surface area contributed by atoms with Gasteiger partial charge in [-0.2, -0.15) is 0 Å². The van der Waals surface area contributed by atoms with Crippen molar-refractivity contribution in [1.29, 1.82) is 0 Å². The molecular formula is C23H26N2O4S. The number of sulfonamides is 1. The van der Waals surface area contributed by atoms with Crippen LogP contribution >= 0.6 is 0 Å². The van der Waals surface area contributed by atoms with Gasteiger partial charge in [-0.3, -0.25) is 9.10 Å². The highest BCUT2D eigenvalue weighted by Crippen LogP contribution is 2.26. The van der Waals surface area contributed by atoms with Gasteiger partial charge in [0, 0.05) is 12.6 Å². The maximum absolute atomic E-state index is 13.1. The molecule has 1 N–H and O–H groups in total. The first-order valence-electron chi connectivity index (χ1n) is 9.73. The van der Waals surface area contributed by atoms with Crippen LogP contribution in [0.1, 0.15) is 18.9 Å². The average molecular weight is 427 g/mol. The number of benzene rings is 3. The van der Waals surface area contributed by atoms with Gasteiger partial charge in [0.2, 0.25) is 15.9 Å². The van der Waals surface area contributed by atoms with Crippen LogP contribution in [0.25, 0.3) is 10.8 Å². The van der Waals surface area contributed by atoms with Crippen LogP contribution in [0, 0.1) is 0 Å². The number of rotatable bonds is 8. The zero-order valence-corrected chi connectivity index (χ0v) is 18.1. The van der Waals surface area contributed by atoms with Crippen molar-refractivity contribution in [2.75, 3.05) is 17.7 Å². The van der Waals surface area contributed by atoms with Crippen molar-refractivity contribution >= 4 is 32.4 Å². The second kappa shape index (κ2) is 9.17. The lowest BCUT2D eigenvalue weighted by Gasteiger charge is -2.30. The van der Waals surface area contributed by atoms with E-state index in [1.165, 1.54) is 7.11 Å². The van der Waals surface area contributed by atoms with Crippen LogP contribution in [0.15, 0.2) is 66.7 Å². The van der Waals surface area contributed by atoms with Gasteiger partial charge in [-0.25, -0.2) is 8.42 Å². The normalized spacial score (nSPS) is 12.4. The molecule has 6 nitrogen and oxygen atoms in total. The van der Waals surface area contributed by atoms with Gasteiger partial charge in [0.05, 0.1) is 19.1 Å². The quantitative estimate of drug-likeness (QED) is 0.596. The Hall–Kier alpha value is -3.06. The highest BCUT2D eigenvalue weighted by Gasteiger charge is 2.31. The van der Waals surface area contributed by atoms with Crippen LogP contribution in [0.4, 0.5) is 5.69 Å². The Morgan fingerprint density at radius 2 is 1.77 bits per heavy atom. The molecule has 158 valence electrons. The van der Waals surface area contributed by atoms with Crippen molar-refractivity contribution in [2.45, 2.75) is 25.9 Å². The van der Waals surface area contributed by atoms with E-state index in [0.717, 1.165) is 26.9 Å². The van der Waals surface area contributed by atoms with Crippen molar-refractivity contribution in [3.63, 3.8) is 0 Å². The van der Waals surface area contributed by atoms with E-state index in [0.29, 0.717) is 24.4 Å². The minimum absolute atomic E-state index is 0.312. The Kier molecular flexibility index (Phi) is 6.62. The van der Waals surface area contributed by atoms with E-state index < -0.39 is 16.1 Å². The molecule has 0 saturated carbocycles. The van der Waals surface area contributed by atoms with E-state index >= 15 is 0 Å². The predicted molar refractivity (Wildman–Crippen MR) is 120 cm³/mol. The summed E-state index contributed by atoms with van der Waals surface area (Å²) in [5, 5.41) is 5.06. The molecule has 0 aliphatic rings. The largest absolute Gasteiger partial charge is 0.497 e. The third-order valence-corrected chi connectivity index (χ3v) is 6.15. The number of nitrogens with zero attached hydrogens (tertiary/aromatic N) is 1. The van der Waals surface area contributed by atoms with Crippen LogP contribution in [0.3, 0.4) is 0 Å². The lowest BCUT2D eigenvalue weighted by molar-refractivity contribution is -0.122. The molecule has 0 bridgehead atoms. The number of amides is 1. The summed E-state index contributed by atoms with van der Waals surface area (Å²) in [5.41, 5.74) is 1.37. The molecule has 0 aliphatic carbocycles. The van der Waals surface area contributed by atoms with Gasteiger partial charge in [-0.05, 0) is 34.9 Å². The fourth-order valence-corrected chi connectivity index (χ4v) is 4.76. The second-order valence-electron chi connectivity index (χ2n) is 7.04. The first kappa shape index (κ1) is 21.6. The number of carbonyl (C=O) groups excluding carboxylic acids is 1. The monoisotopic (exact) mass is 426 g/mol. The fraction of sp³-hybridized carbons (Fsp3) is 0.261. The molecule has 7 heteroatoms. The first-order valence-corrected chi connectivity index (χ1v) is 11.6. The van der Waals surface area contributed by atoms with Crippen molar-refractivity contribution < 1.29 is 17.9 Å². The van der Waals surface area contributed by atoms with Crippen LogP contribution < -0.4 is 14.4 Å². The number of nitrogens with one attached hydrogen (secondary N) is 1. The molecule has 0 spiro atoms. The number of hydrogen-bond acceptors (Lipinski definition) is 4. The molecule has 0 saturated heterocycles. The number of ether oxygens (including phenoxy) is 1. The maximum atomic E-state index is 13.1. The Bertz CT molecular complexity index is 1140. The van der Waals surface area contributed by atoms with Crippen LogP contribution in [0.2, 0.25) is 0 Å². The van der Waals surface area contributed by atoms with Gasteiger partial charge < -0.3 is 10.1 Å². The van der Waals surface area contributed by atoms with Gasteiger partial charge in [-0.1, -0.05) is 55.5 Å². The zero-order valence-electron chi connectivity index (χ0n) is 17.3. The number of methoxy groups -OCH3 is 1. The Morgan fingerprint density at radius 1 is 1.07 bits per heavy atom. The van der Waals surface area contributed by atoms with Crippen molar-refractivity contribution in [1.82, 2.24) is 5.32 Å².